The number of halogens is 1. The molecule has 8 heteroatoms. The third-order valence-electron chi connectivity index (χ3n) is 4.76. The van der Waals surface area contributed by atoms with E-state index in [2.05, 4.69) is 21.5 Å². The number of imidazole rings is 1. The molecule has 1 saturated heterocycles. The number of amides is 1. The topological polar surface area (TPSA) is 112 Å². The minimum Gasteiger partial charge on any atom is -0.366 e. The predicted octanol–water partition coefficient (Wildman–Crippen LogP) is 1.20. The molecule has 3 heterocycles. The highest BCUT2D eigenvalue weighted by atomic mass is 19.1. The highest BCUT2D eigenvalue weighted by molar-refractivity contribution is 6.05. The van der Waals surface area contributed by atoms with Crippen molar-refractivity contribution >= 4 is 22.6 Å². The molecule has 0 radical (unpaired) electrons. The fourth-order valence-electron chi connectivity index (χ4n) is 3.52. The minimum absolute atomic E-state index is 0.0576. The number of piperidine rings is 1. The largest absolute Gasteiger partial charge is 0.366 e. The second kappa shape index (κ2) is 5.04. The van der Waals surface area contributed by atoms with Crippen molar-refractivity contribution in [2.45, 2.75) is 18.3 Å². The Morgan fingerprint density at radius 2 is 2.17 bits per heavy atom. The van der Waals surface area contributed by atoms with Gasteiger partial charge in [-0.05, 0) is 38.1 Å². The predicted molar refractivity (Wildman–Crippen MR) is 84.9 cm³/mol. The fraction of sp³-hybridized carbons (Fsp3) is 0.312. The molecule has 0 bridgehead atoms. The van der Waals surface area contributed by atoms with Crippen LogP contribution in [0.3, 0.4) is 0 Å². The molecule has 0 atom stereocenters. The summed E-state index contributed by atoms with van der Waals surface area (Å²) in [6, 6.07) is 4.82. The molecule has 3 aromatic rings. The minimum atomic E-state index is -0.727. The van der Waals surface area contributed by atoms with Crippen molar-refractivity contribution in [2.75, 3.05) is 13.1 Å². The van der Waals surface area contributed by atoms with Gasteiger partial charge in [-0.15, -0.1) is 0 Å². The standard InChI is InChI=1S/C16H15FN6O/c17-9-5-10(14(19)24)13-12(6-9)22-15-11(7-21-23(13)15)16(8-18)1-3-20-4-2-16/h5-7,20,22H,1-4H2,(H2,19,24). The Labute approximate surface area is 136 Å². The molecule has 4 rings (SSSR count). The zero-order valence-electron chi connectivity index (χ0n) is 12.8. The van der Waals surface area contributed by atoms with Gasteiger partial charge in [0.05, 0.1) is 28.8 Å². The summed E-state index contributed by atoms with van der Waals surface area (Å²) in [5.41, 5.74) is 6.99. The summed E-state index contributed by atoms with van der Waals surface area (Å²) in [5.74, 6) is -1.28. The second-order valence-corrected chi connectivity index (χ2v) is 6.10. The van der Waals surface area contributed by atoms with Gasteiger partial charge in [-0.1, -0.05) is 0 Å². The monoisotopic (exact) mass is 326 g/mol. The van der Waals surface area contributed by atoms with E-state index in [4.69, 9.17) is 5.73 Å². The third-order valence-corrected chi connectivity index (χ3v) is 4.76. The Balaban J connectivity index is 2.03. The molecule has 4 N–H and O–H groups in total. The van der Waals surface area contributed by atoms with Crippen LogP contribution in [0, 0.1) is 17.1 Å². The van der Waals surface area contributed by atoms with E-state index in [0.717, 1.165) is 24.7 Å². The van der Waals surface area contributed by atoms with Gasteiger partial charge in [0.2, 0.25) is 0 Å². The molecule has 1 aliphatic rings. The maximum Gasteiger partial charge on any atom is 0.251 e. The van der Waals surface area contributed by atoms with E-state index in [1.165, 1.54) is 10.6 Å². The Hall–Kier alpha value is -2.92. The van der Waals surface area contributed by atoms with Crippen LogP contribution in [-0.2, 0) is 5.41 Å². The van der Waals surface area contributed by atoms with Crippen LogP contribution in [-0.4, -0.2) is 33.6 Å². The number of carbonyl (C=O) groups is 1. The third kappa shape index (κ3) is 1.91. The highest BCUT2D eigenvalue weighted by Crippen LogP contribution is 2.36. The number of hydrogen-bond donors (Lipinski definition) is 3. The molecular formula is C16H15FN6O. The van der Waals surface area contributed by atoms with E-state index in [1.807, 2.05) is 0 Å². The normalized spacial score (nSPS) is 17.2. The van der Waals surface area contributed by atoms with Crippen molar-refractivity contribution < 1.29 is 9.18 Å². The first-order valence-corrected chi connectivity index (χ1v) is 7.67. The van der Waals surface area contributed by atoms with Crippen LogP contribution in [0.2, 0.25) is 0 Å². The van der Waals surface area contributed by atoms with E-state index in [-0.39, 0.29) is 5.56 Å². The maximum atomic E-state index is 13.8. The number of fused-ring (bicyclic) bond motifs is 3. The van der Waals surface area contributed by atoms with E-state index in [0.29, 0.717) is 29.5 Å². The molecule has 0 aliphatic carbocycles. The number of aromatic amines is 1. The number of nitrogens with zero attached hydrogens (tertiary/aromatic N) is 3. The molecule has 1 aromatic carbocycles. The Kier molecular flexibility index (Phi) is 3.08. The van der Waals surface area contributed by atoms with Crippen molar-refractivity contribution in [3.63, 3.8) is 0 Å². The average Bonchev–Trinajstić information content (AvgIpc) is 3.13. The van der Waals surface area contributed by atoms with Crippen LogP contribution >= 0.6 is 0 Å². The van der Waals surface area contributed by atoms with Gasteiger partial charge in [-0.25, -0.2) is 8.91 Å². The number of rotatable bonds is 2. The number of primary amides is 1. The number of aromatic nitrogens is 3. The second-order valence-electron chi connectivity index (χ2n) is 6.10. The summed E-state index contributed by atoms with van der Waals surface area (Å²) in [5, 5.41) is 17.3. The quantitative estimate of drug-likeness (QED) is 0.657. The molecule has 24 heavy (non-hydrogen) atoms. The van der Waals surface area contributed by atoms with Gasteiger partial charge in [0.15, 0.2) is 0 Å². The van der Waals surface area contributed by atoms with Crippen LogP contribution in [0.5, 0.6) is 0 Å². The zero-order chi connectivity index (χ0) is 16.9. The molecule has 1 amide bonds. The molecule has 7 nitrogen and oxygen atoms in total. The van der Waals surface area contributed by atoms with Crippen molar-refractivity contribution in [3.05, 3.63) is 35.3 Å². The molecule has 0 saturated carbocycles. The molecule has 0 unspecified atom stereocenters. The Morgan fingerprint density at radius 1 is 1.42 bits per heavy atom. The lowest BCUT2D eigenvalue weighted by Crippen LogP contribution is -2.38. The summed E-state index contributed by atoms with van der Waals surface area (Å²) < 4.78 is 15.3. The molecular weight excluding hydrogens is 311 g/mol. The number of benzene rings is 1. The van der Waals surface area contributed by atoms with E-state index in [9.17, 15) is 14.4 Å². The number of nitrogens with two attached hydrogens (primary N) is 1. The first-order valence-electron chi connectivity index (χ1n) is 7.67. The molecule has 1 fully saturated rings. The van der Waals surface area contributed by atoms with Crippen molar-refractivity contribution in [2.24, 2.45) is 5.73 Å². The number of nitriles is 1. The number of nitrogens with one attached hydrogen (secondary N) is 2. The summed E-state index contributed by atoms with van der Waals surface area (Å²) in [7, 11) is 0. The lowest BCUT2D eigenvalue weighted by Gasteiger charge is -2.30. The number of H-pyrrole nitrogens is 1. The maximum absolute atomic E-state index is 13.8. The van der Waals surface area contributed by atoms with Crippen molar-refractivity contribution in [1.29, 1.82) is 5.26 Å². The first-order chi connectivity index (χ1) is 11.6. The van der Waals surface area contributed by atoms with E-state index >= 15 is 0 Å². The summed E-state index contributed by atoms with van der Waals surface area (Å²) in [6.07, 6.45) is 2.97. The summed E-state index contributed by atoms with van der Waals surface area (Å²) >= 11 is 0. The van der Waals surface area contributed by atoms with Gasteiger partial charge in [-0.2, -0.15) is 10.4 Å². The first kappa shape index (κ1) is 14.7. The Morgan fingerprint density at radius 3 is 2.83 bits per heavy atom. The van der Waals surface area contributed by atoms with Crippen molar-refractivity contribution in [1.82, 2.24) is 19.9 Å². The van der Waals surface area contributed by atoms with Crippen molar-refractivity contribution in [3.8, 4) is 6.07 Å². The Bertz CT molecular complexity index is 1010. The lowest BCUT2D eigenvalue weighted by atomic mass is 9.75. The molecule has 0 spiro atoms. The van der Waals surface area contributed by atoms with Gasteiger partial charge in [0.25, 0.3) is 5.91 Å². The van der Waals surface area contributed by atoms with Gasteiger partial charge < -0.3 is 16.0 Å². The van der Waals surface area contributed by atoms with Crippen LogP contribution in [0.1, 0.15) is 28.8 Å². The van der Waals surface area contributed by atoms with Gasteiger partial charge >= 0.3 is 0 Å². The van der Waals surface area contributed by atoms with E-state index in [1.54, 1.807) is 6.20 Å². The van der Waals surface area contributed by atoms with Crippen LogP contribution in [0.25, 0.3) is 16.7 Å². The van der Waals surface area contributed by atoms with Gasteiger partial charge in [-0.3, -0.25) is 4.79 Å². The van der Waals surface area contributed by atoms with E-state index < -0.39 is 17.1 Å². The zero-order valence-corrected chi connectivity index (χ0v) is 12.8. The number of carbonyl (C=O) groups excluding carboxylic acids is 1. The number of hydrogen-bond acceptors (Lipinski definition) is 4. The average molecular weight is 326 g/mol. The summed E-state index contributed by atoms with van der Waals surface area (Å²) in [6.45, 7) is 1.48. The molecule has 1 aliphatic heterocycles. The molecule has 2 aromatic heterocycles. The summed E-state index contributed by atoms with van der Waals surface area (Å²) in [4.78, 5) is 14.8. The van der Waals surface area contributed by atoms with Crippen LogP contribution < -0.4 is 11.1 Å². The highest BCUT2D eigenvalue weighted by Gasteiger charge is 2.37. The van der Waals surface area contributed by atoms with Gasteiger partial charge in [0.1, 0.15) is 17.0 Å². The lowest BCUT2D eigenvalue weighted by molar-refractivity contribution is 0.100. The smallest absolute Gasteiger partial charge is 0.251 e. The SMILES string of the molecule is N#CC1(c2cnn3c2[nH]c2cc(F)cc(C(N)=O)c23)CCNCC1. The van der Waals surface area contributed by atoms with Gasteiger partial charge in [0, 0.05) is 5.56 Å². The fourth-order valence-corrected chi connectivity index (χ4v) is 3.52. The van der Waals surface area contributed by atoms with Crippen LogP contribution in [0.4, 0.5) is 4.39 Å². The molecule has 122 valence electrons. The van der Waals surface area contributed by atoms with Crippen LogP contribution in [0.15, 0.2) is 18.3 Å².